The SMILES string of the molecule is C=CCC(=O)NCC(O)=S. The molecule has 0 saturated heterocycles. The average molecular weight is 159 g/mol. The van der Waals surface area contributed by atoms with Crippen LogP contribution in [0, 0.1) is 0 Å². The summed E-state index contributed by atoms with van der Waals surface area (Å²) in [5.41, 5.74) is 0. The van der Waals surface area contributed by atoms with Crippen LogP contribution in [0.1, 0.15) is 6.42 Å². The largest absolute Gasteiger partial charge is 0.501 e. The second kappa shape index (κ2) is 4.93. The van der Waals surface area contributed by atoms with Gasteiger partial charge in [-0.15, -0.1) is 6.58 Å². The molecule has 0 saturated carbocycles. The molecular weight excluding hydrogens is 150 g/mol. The van der Waals surface area contributed by atoms with Crippen LogP contribution in [0.4, 0.5) is 0 Å². The van der Waals surface area contributed by atoms with Crippen molar-refractivity contribution in [2.24, 2.45) is 0 Å². The van der Waals surface area contributed by atoms with Gasteiger partial charge in [-0.2, -0.15) is 0 Å². The molecule has 0 aromatic carbocycles. The van der Waals surface area contributed by atoms with E-state index >= 15 is 0 Å². The molecular formula is C6H9NO2S. The molecule has 0 unspecified atom stereocenters. The van der Waals surface area contributed by atoms with Crippen molar-refractivity contribution >= 4 is 23.2 Å². The fraction of sp³-hybridized carbons (Fsp3) is 0.333. The number of rotatable bonds is 4. The molecule has 3 nitrogen and oxygen atoms in total. The van der Waals surface area contributed by atoms with Gasteiger partial charge in [-0.25, -0.2) is 0 Å². The van der Waals surface area contributed by atoms with Crippen LogP contribution < -0.4 is 5.32 Å². The van der Waals surface area contributed by atoms with Crippen molar-refractivity contribution in [3.05, 3.63) is 12.7 Å². The molecule has 0 aromatic rings. The smallest absolute Gasteiger partial charge is 0.224 e. The Bertz CT molecular complexity index is 156. The predicted octanol–water partition coefficient (Wildman–Crippen LogP) is 0.564. The summed E-state index contributed by atoms with van der Waals surface area (Å²) in [7, 11) is 0. The van der Waals surface area contributed by atoms with E-state index in [4.69, 9.17) is 5.11 Å². The minimum atomic E-state index is -0.211. The number of carbonyl (C=O) groups excluding carboxylic acids is 1. The number of aliphatic hydroxyl groups excluding tert-OH is 1. The molecule has 0 aliphatic rings. The van der Waals surface area contributed by atoms with Crippen LogP contribution in [0.15, 0.2) is 12.7 Å². The summed E-state index contributed by atoms with van der Waals surface area (Å²) in [6, 6.07) is 0. The van der Waals surface area contributed by atoms with E-state index in [1.54, 1.807) is 0 Å². The lowest BCUT2D eigenvalue weighted by Gasteiger charge is -1.98. The van der Waals surface area contributed by atoms with E-state index in [1.165, 1.54) is 6.08 Å². The second-order valence-corrected chi connectivity index (χ2v) is 2.13. The Kier molecular flexibility index (Phi) is 4.49. The molecule has 0 atom stereocenters. The van der Waals surface area contributed by atoms with Gasteiger partial charge >= 0.3 is 0 Å². The van der Waals surface area contributed by atoms with Crippen LogP contribution in [0.25, 0.3) is 0 Å². The van der Waals surface area contributed by atoms with Crippen molar-refractivity contribution in [1.82, 2.24) is 5.32 Å². The van der Waals surface area contributed by atoms with Crippen molar-refractivity contribution in [2.75, 3.05) is 6.54 Å². The molecule has 0 aromatic heterocycles. The summed E-state index contributed by atoms with van der Waals surface area (Å²) in [6.07, 6.45) is 1.73. The molecule has 0 rings (SSSR count). The summed E-state index contributed by atoms with van der Waals surface area (Å²) >= 11 is 4.31. The third-order valence-electron chi connectivity index (χ3n) is 0.767. The topological polar surface area (TPSA) is 49.3 Å². The van der Waals surface area contributed by atoms with Crippen molar-refractivity contribution in [1.29, 1.82) is 0 Å². The number of amides is 1. The van der Waals surface area contributed by atoms with Gasteiger partial charge in [0.1, 0.15) is 0 Å². The Morgan fingerprint density at radius 1 is 1.80 bits per heavy atom. The van der Waals surface area contributed by atoms with Crippen LogP contribution in [-0.2, 0) is 4.79 Å². The Morgan fingerprint density at radius 3 is 2.80 bits per heavy atom. The van der Waals surface area contributed by atoms with Gasteiger partial charge in [0, 0.05) is 6.42 Å². The van der Waals surface area contributed by atoms with E-state index in [0.29, 0.717) is 0 Å². The van der Waals surface area contributed by atoms with Crippen molar-refractivity contribution in [2.45, 2.75) is 6.42 Å². The number of aliphatic hydroxyl groups is 1. The zero-order valence-electron chi connectivity index (χ0n) is 5.46. The summed E-state index contributed by atoms with van der Waals surface area (Å²) in [5, 5.41) is 10.6. The zero-order valence-corrected chi connectivity index (χ0v) is 6.28. The highest BCUT2D eigenvalue weighted by atomic mass is 32.1. The third kappa shape index (κ3) is 5.24. The number of carbonyl (C=O) groups is 1. The minimum absolute atomic E-state index is 0.0437. The molecule has 0 spiro atoms. The third-order valence-corrected chi connectivity index (χ3v) is 0.911. The molecule has 2 N–H and O–H groups in total. The normalized spacial score (nSPS) is 8.40. The van der Waals surface area contributed by atoms with Crippen LogP contribution in [0.3, 0.4) is 0 Å². The zero-order chi connectivity index (χ0) is 7.98. The van der Waals surface area contributed by atoms with Crippen LogP contribution in [0.5, 0.6) is 0 Å². The second-order valence-electron chi connectivity index (χ2n) is 1.66. The minimum Gasteiger partial charge on any atom is -0.501 e. The molecule has 0 aliphatic carbocycles. The van der Waals surface area contributed by atoms with Gasteiger partial charge < -0.3 is 10.4 Å². The van der Waals surface area contributed by atoms with E-state index in [0.717, 1.165) is 0 Å². The lowest BCUT2D eigenvalue weighted by Crippen LogP contribution is -2.27. The quantitative estimate of drug-likeness (QED) is 0.465. The molecule has 0 radical (unpaired) electrons. The molecule has 4 heteroatoms. The van der Waals surface area contributed by atoms with E-state index in [9.17, 15) is 4.79 Å². The van der Waals surface area contributed by atoms with Crippen molar-refractivity contribution in [3.63, 3.8) is 0 Å². The molecule has 0 heterocycles. The maximum atomic E-state index is 10.6. The van der Waals surface area contributed by atoms with Gasteiger partial charge in [-0.1, -0.05) is 6.08 Å². The highest BCUT2D eigenvalue weighted by molar-refractivity contribution is 7.80. The van der Waals surface area contributed by atoms with Gasteiger partial charge in [0.15, 0.2) is 5.05 Å². The van der Waals surface area contributed by atoms with Crippen LogP contribution in [-0.4, -0.2) is 22.6 Å². The standard InChI is InChI=1S/C6H9NO2S/c1-2-3-5(8)7-4-6(9)10/h2H,1,3-4H2,(H,7,8)(H,9,10). The summed E-state index contributed by atoms with van der Waals surface area (Å²) in [5.74, 6) is -0.189. The first-order valence-electron chi connectivity index (χ1n) is 2.76. The molecule has 56 valence electrons. The van der Waals surface area contributed by atoms with Gasteiger partial charge in [0.25, 0.3) is 0 Å². The van der Waals surface area contributed by atoms with E-state index in [1.807, 2.05) is 0 Å². The first kappa shape index (κ1) is 9.10. The Balaban J connectivity index is 3.39. The number of hydrogen-bond acceptors (Lipinski definition) is 2. The van der Waals surface area contributed by atoms with E-state index < -0.39 is 0 Å². The van der Waals surface area contributed by atoms with Crippen molar-refractivity contribution < 1.29 is 9.90 Å². The van der Waals surface area contributed by atoms with E-state index in [-0.39, 0.29) is 23.9 Å². The predicted molar refractivity (Wildman–Crippen MR) is 43.1 cm³/mol. The van der Waals surface area contributed by atoms with E-state index in [2.05, 4.69) is 24.1 Å². The van der Waals surface area contributed by atoms with Gasteiger partial charge in [-0.05, 0) is 12.2 Å². The highest BCUT2D eigenvalue weighted by Crippen LogP contribution is 1.78. The van der Waals surface area contributed by atoms with Gasteiger partial charge in [0.05, 0.1) is 6.54 Å². The van der Waals surface area contributed by atoms with Gasteiger partial charge in [-0.3, -0.25) is 4.79 Å². The fourth-order valence-electron chi connectivity index (χ4n) is 0.377. The van der Waals surface area contributed by atoms with Crippen molar-refractivity contribution in [3.8, 4) is 0 Å². The molecule has 0 fully saturated rings. The monoisotopic (exact) mass is 159 g/mol. The Morgan fingerprint density at radius 2 is 2.40 bits per heavy atom. The average Bonchev–Trinajstić information content (AvgIpc) is 1.85. The highest BCUT2D eigenvalue weighted by Gasteiger charge is 1.96. The lowest BCUT2D eigenvalue weighted by molar-refractivity contribution is -0.120. The summed E-state index contributed by atoms with van der Waals surface area (Å²) < 4.78 is 0. The fourth-order valence-corrected chi connectivity index (χ4v) is 0.450. The number of hydrogen-bond donors (Lipinski definition) is 2. The maximum absolute atomic E-state index is 10.6. The molecule has 0 bridgehead atoms. The molecule has 0 aliphatic heterocycles. The lowest BCUT2D eigenvalue weighted by atomic mass is 10.4. The number of thiocarbonyl (C=S) groups is 1. The summed E-state index contributed by atoms with van der Waals surface area (Å²) in [6.45, 7) is 3.42. The number of nitrogens with one attached hydrogen (secondary N) is 1. The van der Waals surface area contributed by atoms with Gasteiger partial charge in [0.2, 0.25) is 5.91 Å². The van der Waals surface area contributed by atoms with Crippen LogP contribution in [0.2, 0.25) is 0 Å². The van der Waals surface area contributed by atoms with Crippen LogP contribution >= 0.6 is 12.2 Å². The molecule has 10 heavy (non-hydrogen) atoms. The Hall–Kier alpha value is -0.900. The first-order chi connectivity index (χ1) is 4.66. The first-order valence-corrected chi connectivity index (χ1v) is 3.17. The maximum Gasteiger partial charge on any atom is 0.224 e. The Labute approximate surface area is 64.7 Å². The molecule has 1 amide bonds. The summed E-state index contributed by atoms with van der Waals surface area (Å²) in [4.78, 5) is 10.6.